The second-order valence-corrected chi connectivity index (χ2v) is 7.13. The maximum absolute atomic E-state index is 6.02. The first-order chi connectivity index (χ1) is 13.9. The highest BCUT2D eigenvalue weighted by Crippen LogP contribution is 2.24. The van der Waals surface area contributed by atoms with E-state index in [1.807, 2.05) is 36.4 Å². The van der Waals surface area contributed by atoms with Crippen molar-refractivity contribution in [2.45, 2.75) is 12.8 Å². The Morgan fingerprint density at radius 3 is 2.64 bits per heavy atom. The predicted octanol–water partition coefficient (Wildman–Crippen LogP) is 3.53. The average Bonchev–Trinajstić information content (AvgIpc) is 2.76. The van der Waals surface area contributed by atoms with Gasteiger partial charge in [0, 0.05) is 30.2 Å². The van der Waals surface area contributed by atoms with Crippen LogP contribution in [-0.2, 0) is 0 Å². The van der Waals surface area contributed by atoms with Gasteiger partial charge in [-0.25, -0.2) is 9.97 Å². The first kappa shape index (κ1) is 18.5. The van der Waals surface area contributed by atoms with Crippen molar-refractivity contribution in [1.29, 1.82) is 0 Å². The second-order valence-electron chi connectivity index (χ2n) is 7.13. The van der Waals surface area contributed by atoms with Gasteiger partial charge >= 0.3 is 0 Å². The molecule has 0 saturated carbocycles. The summed E-state index contributed by atoms with van der Waals surface area (Å²) in [6, 6.07) is 16.3. The third-order valence-corrected chi connectivity index (χ3v) is 5.07. The lowest BCUT2D eigenvalue weighted by Gasteiger charge is -2.22. The van der Waals surface area contributed by atoms with Gasteiger partial charge in [0.15, 0.2) is 0 Å². The van der Waals surface area contributed by atoms with Crippen LogP contribution in [0.2, 0.25) is 0 Å². The van der Waals surface area contributed by atoms with Crippen LogP contribution in [0.5, 0.6) is 5.75 Å². The molecule has 1 aromatic heterocycles. The summed E-state index contributed by atoms with van der Waals surface area (Å²) in [5.41, 5.74) is 2.02. The number of hydrogen-bond acceptors (Lipinski definition) is 6. The van der Waals surface area contributed by atoms with Crippen LogP contribution >= 0.6 is 0 Å². The van der Waals surface area contributed by atoms with Gasteiger partial charge in [-0.3, -0.25) is 0 Å². The zero-order chi connectivity index (χ0) is 19.0. The quantitative estimate of drug-likeness (QED) is 0.522. The molecule has 1 aliphatic heterocycles. The SMILES string of the molecule is c1ccc(NCCNc2ncnc3cc(OCC4CCNCC4)ccc23)cc1. The first-order valence-electron chi connectivity index (χ1n) is 9.99. The van der Waals surface area contributed by atoms with E-state index in [1.54, 1.807) is 6.33 Å². The van der Waals surface area contributed by atoms with Crippen LogP contribution in [0.4, 0.5) is 11.5 Å². The highest BCUT2D eigenvalue weighted by Gasteiger charge is 2.14. The highest BCUT2D eigenvalue weighted by molar-refractivity contribution is 5.89. The van der Waals surface area contributed by atoms with E-state index >= 15 is 0 Å². The van der Waals surface area contributed by atoms with Crippen molar-refractivity contribution < 1.29 is 4.74 Å². The smallest absolute Gasteiger partial charge is 0.137 e. The molecule has 0 bridgehead atoms. The number of para-hydroxylation sites is 1. The minimum Gasteiger partial charge on any atom is -0.493 e. The monoisotopic (exact) mass is 377 g/mol. The maximum Gasteiger partial charge on any atom is 0.137 e. The molecule has 1 saturated heterocycles. The van der Waals surface area contributed by atoms with Crippen molar-refractivity contribution in [2.24, 2.45) is 5.92 Å². The molecule has 0 amide bonds. The lowest BCUT2D eigenvalue weighted by atomic mass is 9.99. The molecule has 4 rings (SSSR count). The summed E-state index contributed by atoms with van der Waals surface area (Å²) in [7, 11) is 0. The molecule has 1 aliphatic rings. The van der Waals surface area contributed by atoms with Gasteiger partial charge in [0.05, 0.1) is 12.1 Å². The van der Waals surface area contributed by atoms with Crippen LogP contribution in [0.15, 0.2) is 54.9 Å². The first-order valence-corrected chi connectivity index (χ1v) is 9.99. The van der Waals surface area contributed by atoms with Gasteiger partial charge in [-0.2, -0.15) is 0 Å². The van der Waals surface area contributed by atoms with E-state index in [0.29, 0.717) is 5.92 Å². The number of nitrogens with one attached hydrogen (secondary N) is 3. The molecule has 28 heavy (non-hydrogen) atoms. The Bertz CT molecular complexity index is 880. The Balaban J connectivity index is 1.33. The summed E-state index contributed by atoms with van der Waals surface area (Å²) >= 11 is 0. The number of hydrogen-bond donors (Lipinski definition) is 3. The van der Waals surface area contributed by atoms with Crippen LogP contribution in [0, 0.1) is 5.92 Å². The van der Waals surface area contributed by atoms with Gasteiger partial charge in [-0.1, -0.05) is 18.2 Å². The molecule has 0 spiro atoms. The number of ether oxygens (including phenoxy) is 1. The number of piperidine rings is 1. The van der Waals surface area contributed by atoms with Crippen molar-refractivity contribution in [3.63, 3.8) is 0 Å². The summed E-state index contributed by atoms with van der Waals surface area (Å²) < 4.78 is 6.02. The lowest BCUT2D eigenvalue weighted by Crippen LogP contribution is -2.30. The van der Waals surface area contributed by atoms with Gasteiger partial charge in [0.2, 0.25) is 0 Å². The van der Waals surface area contributed by atoms with Gasteiger partial charge in [-0.05, 0) is 56.1 Å². The topological polar surface area (TPSA) is 71.1 Å². The van der Waals surface area contributed by atoms with E-state index in [-0.39, 0.29) is 0 Å². The van der Waals surface area contributed by atoms with Crippen LogP contribution < -0.4 is 20.7 Å². The van der Waals surface area contributed by atoms with E-state index in [1.165, 1.54) is 12.8 Å². The third kappa shape index (κ3) is 4.89. The fourth-order valence-electron chi connectivity index (χ4n) is 3.47. The zero-order valence-corrected chi connectivity index (χ0v) is 16.0. The van der Waals surface area contributed by atoms with Gasteiger partial charge in [0.1, 0.15) is 17.9 Å². The normalized spacial score (nSPS) is 14.7. The molecule has 3 aromatic rings. The van der Waals surface area contributed by atoms with Crippen LogP contribution in [0.25, 0.3) is 10.9 Å². The average molecular weight is 377 g/mol. The second kappa shape index (κ2) is 9.37. The van der Waals surface area contributed by atoms with Crippen LogP contribution in [-0.4, -0.2) is 42.8 Å². The number of nitrogens with zero attached hydrogens (tertiary/aromatic N) is 2. The molecule has 2 heterocycles. The molecule has 3 N–H and O–H groups in total. The van der Waals surface area contributed by atoms with E-state index in [2.05, 4.69) is 38.1 Å². The molecule has 0 atom stereocenters. The van der Waals surface area contributed by atoms with Crippen molar-refractivity contribution in [3.8, 4) is 5.75 Å². The van der Waals surface area contributed by atoms with Gasteiger partial charge in [-0.15, -0.1) is 0 Å². The summed E-state index contributed by atoms with van der Waals surface area (Å²) in [5.74, 6) is 2.36. The van der Waals surface area contributed by atoms with E-state index in [9.17, 15) is 0 Å². The molecule has 6 nitrogen and oxygen atoms in total. The fraction of sp³-hybridized carbons (Fsp3) is 0.364. The predicted molar refractivity (Wildman–Crippen MR) is 114 cm³/mol. The Labute approximate surface area is 165 Å². The van der Waals surface area contributed by atoms with E-state index in [4.69, 9.17) is 4.74 Å². The largest absolute Gasteiger partial charge is 0.493 e. The van der Waals surface area contributed by atoms with Gasteiger partial charge in [0.25, 0.3) is 0 Å². The number of rotatable bonds is 8. The number of fused-ring (bicyclic) bond motifs is 1. The minimum atomic E-state index is 0.636. The van der Waals surface area contributed by atoms with Gasteiger partial charge < -0.3 is 20.7 Å². The summed E-state index contributed by atoms with van der Waals surface area (Å²) in [4.78, 5) is 8.82. The van der Waals surface area contributed by atoms with E-state index in [0.717, 1.165) is 60.9 Å². The third-order valence-electron chi connectivity index (χ3n) is 5.07. The molecular formula is C22H27N5O. The number of aromatic nitrogens is 2. The molecule has 6 heteroatoms. The Kier molecular flexibility index (Phi) is 6.19. The summed E-state index contributed by atoms with van der Waals surface area (Å²) in [6.07, 6.45) is 3.97. The van der Waals surface area contributed by atoms with Crippen LogP contribution in [0.3, 0.4) is 0 Å². The summed E-state index contributed by atoms with van der Waals surface area (Å²) in [5, 5.41) is 11.2. The van der Waals surface area contributed by atoms with Crippen molar-refractivity contribution in [1.82, 2.24) is 15.3 Å². The Morgan fingerprint density at radius 1 is 0.964 bits per heavy atom. The molecule has 0 unspecified atom stereocenters. The maximum atomic E-state index is 6.02. The minimum absolute atomic E-state index is 0.636. The molecule has 146 valence electrons. The molecule has 0 radical (unpaired) electrons. The standard InChI is InChI=1S/C22H27N5O/c1-2-4-18(5-3-1)24-12-13-25-22-20-7-6-19(14-21(20)26-16-27-22)28-15-17-8-10-23-11-9-17/h1-7,14,16-17,23-24H,8-13,15H2,(H,25,26,27). The molecule has 1 fully saturated rings. The Hall–Kier alpha value is -2.86. The Morgan fingerprint density at radius 2 is 1.79 bits per heavy atom. The van der Waals surface area contributed by atoms with E-state index < -0.39 is 0 Å². The fourth-order valence-corrected chi connectivity index (χ4v) is 3.47. The van der Waals surface area contributed by atoms with Crippen molar-refractivity contribution in [2.75, 3.05) is 43.4 Å². The van der Waals surface area contributed by atoms with Crippen LogP contribution in [0.1, 0.15) is 12.8 Å². The highest BCUT2D eigenvalue weighted by atomic mass is 16.5. The molecule has 0 aliphatic carbocycles. The lowest BCUT2D eigenvalue weighted by molar-refractivity contribution is 0.215. The molecular weight excluding hydrogens is 350 g/mol. The van der Waals surface area contributed by atoms with Crippen molar-refractivity contribution in [3.05, 3.63) is 54.9 Å². The molecule has 2 aromatic carbocycles. The number of anilines is 2. The number of benzene rings is 2. The van der Waals surface area contributed by atoms with Crippen molar-refractivity contribution >= 4 is 22.4 Å². The zero-order valence-electron chi connectivity index (χ0n) is 16.0. The summed E-state index contributed by atoms with van der Waals surface area (Å²) in [6.45, 7) is 4.54.